The second-order valence-corrected chi connectivity index (χ2v) is 5.27. The molecule has 0 saturated carbocycles. The molecule has 1 atom stereocenters. The molecule has 1 heterocycles. The smallest absolute Gasteiger partial charge is 0.224 e. The van der Waals surface area contributed by atoms with Crippen molar-refractivity contribution in [2.75, 3.05) is 0 Å². The van der Waals surface area contributed by atoms with Gasteiger partial charge in [0.1, 0.15) is 0 Å². The minimum Gasteiger partial charge on any atom is -0.224 e. The highest BCUT2D eigenvalue weighted by atomic mass is 32.2. The third-order valence-electron chi connectivity index (χ3n) is 2.57. The van der Waals surface area contributed by atoms with Crippen LogP contribution in [0, 0.1) is 0 Å². The number of halogens is 3. The average Bonchev–Trinajstić information content (AvgIpc) is 2.74. The first-order chi connectivity index (χ1) is 8.88. The standard InChI is InChI=1S/C11H11F3N4S/c1-7(19-10-15-16-17-18(10)2)8-3-5-9(6-4-8)11(12,13)14/h3-7H,1-2H3. The van der Waals surface area contributed by atoms with Gasteiger partial charge >= 0.3 is 6.18 Å². The Bertz CT molecular complexity index is 550. The van der Waals surface area contributed by atoms with Gasteiger partial charge in [0, 0.05) is 12.3 Å². The molecule has 1 unspecified atom stereocenters. The van der Waals surface area contributed by atoms with Crippen LogP contribution in [0.25, 0.3) is 0 Å². The van der Waals surface area contributed by atoms with Gasteiger partial charge in [-0.3, -0.25) is 0 Å². The maximum absolute atomic E-state index is 12.4. The van der Waals surface area contributed by atoms with Crippen molar-refractivity contribution in [2.24, 2.45) is 7.05 Å². The van der Waals surface area contributed by atoms with E-state index >= 15 is 0 Å². The molecular formula is C11H11F3N4S. The van der Waals surface area contributed by atoms with Gasteiger partial charge < -0.3 is 0 Å². The lowest BCUT2D eigenvalue weighted by Crippen LogP contribution is -2.04. The zero-order chi connectivity index (χ0) is 14.0. The van der Waals surface area contributed by atoms with E-state index < -0.39 is 11.7 Å². The molecule has 8 heteroatoms. The summed E-state index contributed by atoms with van der Waals surface area (Å²) in [7, 11) is 1.71. The molecule has 4 nitrogen and oxygen atoms in total. The fourth-order valence-electron chi connectivity index (χ4n) is 1.49. The molecule has 0 saturated heterocycles. The van der Waals surface area contributed by atoms with Crippen LogP contribution in [0.15, 0.2) is 29.4 Å². The van der Waals surface area contributed by atoms with Crippen LogP contribution in [-0.2, 0) is 13.2 Å². The highest BCUT2D eigenvalue weighted by Crippen LogP contribution is 2.35. The monoisotopic (exact) mass is 288 g/mol. The molecule has 0 N–H and O–H groups in total. The number of rotatable bonds is 3. The molecule has 0 fully saturated rings. The third kappa shape index (κ3) is 3.25. The van der Waals surface area contributed by atoms with Crippen molar-refractivity contribution in [2.45, 2.75) is 23.5 Å². The minimum absolute atomic E-state index is 0.0352. The quantitative estimate of drug-likeness (QED) is 0.814. The highest BCUT2D eigenvalue weighted by molar-refractivity contribution is 7.99. The molecule has 0 spiro atoms. The molecule has 2 aromatic rings. The minimum atomic E-state index is -4.30. The van der Waals surface area contributed by atoms with Crippen LogP contribution in [0.5, 0.6) is 0 Å². The fraction of sp³-hybridized carbons (Fsp3) is 0.364. The Morgan fingerprint density at radius 1 is 1.21 bits per heavy atom. The fourth-order valence-corrected chi connectivity index (χ4v) is 2.37. The molecule has 0 aliphatic heterocycles. The SMILES string of the molecule is CC(Sc1nnnn1C)c1ccc(C(F)(F)F)cc1. The lowest BCUT2D eigenvalue weighted by atomic mass is 10.1. The van der Waals surface area contributed by atoms with Crippen LogP contribution >= 0.6 is 11.8 Å². The lowest BCUT2D eigenvalue weighted by molar-refractivity contribution is -0.137. The van der Waals surface area contributed by atoms with Gasteiger partial charge in [0.05, 0.1) is 5.56 Å². The van der Waals surface area contributed by atoms with Crippen LogP contribution in [0.3, 0.4) is 0 Å². The molecule has 102 valence electrons. The van der Waals surface area contributed by atoms with Gasteiger partial charge in [-0.2, -0.15) is 13.2 Å². The van der Waals surface area contributed by atoms with Crippen LogP contribution < -0.4 is 0 Å². The number of benzene rings is 1. The van der Waals surface area contributed by atoms with E-state index in [1.165, 1.54) is 28.6 Å². The molecule has 1 aromatic heterocycles. The van der Waals surface area contributed by atoms with Gasteiger partial charge in [0.2, 0.25) is 5.16 Å². The van der Waals surface area contributed by atoms with Crippen LogP contribution in [0.4, 0.5) is 13.2 Å². The summed E-state index contributed by atoms with van der Waals surface area (Å²) < 4.78 is 38.9. The van der Waals surface area contributed by atoms with E-state index in [1.54, 1.807) is 7.05 Å². The molecule has 1 aromatic carbocycles. The summed E-state index contributed by atoms with van der Waals surface area (Å²) in [6.07, 6.45) is -4.30. The number of aromatic nitrogens is 4. The van der Waals surface area contributed by atoms with Gasteiger partial charge in [0.15, 0.2) is 0 Å². The van der Waals surface area contributed by atoms with E-state index in [0.29, 0.717) is 5.16 Å². The maximum atomic E-state index is 12.4. The summed E-state index contributed by atoms with van der Waals surface area (Å²) in [5, 5.41) is 11.6. The molecule has 0 bridgehead atoms. The summed E-state index contributed by atoms with van der Waals surface area (Å²) in [6.45, 7) is 1.89. The summed E-state index contributed by atoms with van der Waals surface area (Å²) in [4.78, 5) is 0. The topological polar surface area (TPSA) is 43.6 Å². The van der Waals surface area contributed by atoms with Crippen molar-refractivity contribution in [3.63, 3.8) is 0 Å². The first kappa shape index (κ1) is 13.9. The van der Waals surface area contributed by atoms with Crippen LogP contribution in [0.2, 0.25) is 0 Å². The molecule has 0 radical (unpaired) electrons. The summed E-state index contributed by atoms with van der Waals surface area (Å²) >= 11 is 1.39. The Hall–Kier alpha value is -1.57. The predicted octanol–water partition coefficient (Wildman–Crippen LogP) is 3.08. The van der Waals surface area contributed by atoms with E-state index in [2.05, 4.69) is 15.5 Å². The van der Waals surface area contributed by atoms with Crippen molar-refractivity contribution < 1.29 is 13.2 Å². The summed E-state index contributed by atoms with van der Waals surface area (Å²) in [5.74, 6) is 0. The van der Waals surface area contributed by atoms with Gasteiger partial charge in [-0.15, -0.1) is 5.10 Å². The third-order valence-corrected chi connectivity index (χ3v) is 3.75. The first-order valence-electron chi connectivity index (χ1n) is 5.44. The lowest BCUT2D eigenvalue weighted by Gasteiger charge is -2.12. The van der Waals surface area contributed by atoms with E-state index in [4.69, 9.17) is 0 Å². The number of aryl methyl sites for hydroxylation is 1. The largest absolute Gasteiger partial charge is 0.416 e. The second-order valence-electron chi connectivity index (χ2n) is 3.96. The van der Waals surface area contributed by atoms with Crippen LogP contribution in [-0.4, -0.2) is 20.2 Å². The molecule has 2 rings (SSSR count). The molecular weight excluding hydrogens is 277 g/mol. The number of hydrogen-bond acceptors (Lipinski definition) is 4. The Balaban J connectivity index is 2.12. The zero-order valence-corrected chi connectivity index (χ0v) is 11.0. The predicted molar refractivity (Wildman–Crippen MR) is 64.5 cm³/mol. The van der Waals surface area contributed by atoms with Crippen molar-refractivity contribution >= 4 is 11.8 Å². The first-order valence-corrected chi connectivity index (χ1v) is 6.32. The van der Waals surface area contributed by atoms with E-state index in [-0.39, 0.29) is 5.25 Å². The number of thioether (sulfide) groups is 1. The van der Waals surface area contributed by atoms with Gasteiger partial charge in [-0.05, 0) is 35.0 Å². The van der Waals surface area contributed by atoms with Crippen LogP contribution in [0.1, 0.15) is 23.3 Å². The Morgan fingerprint density at radius 3 is 2.32 bits per heavy atom. The van der Waals surface area contributed by atoms with Crippen molar-refractivity contribution in [3.8, 4) is 0 Å². The highest BCUT2D eigenvalue weighted by Gasteiger charge is 2.30. The number of hydrogen-bond donors (Lipinski definition) is 0. The van der Waals surface area contributed by atoms with E-state index in [0.717, 1.165) is 17.7 Å². The second kappa shape index (κ2) is 5.20. The van der Waals surface area contributed by atoms with Gasteiger partial charge in [-0.25, -0.2) is 4.68 Å². The number of alkyl halides is 3. The Morgan fingerprint density at radius 2 is 1.84 bits per heavy atom. The maximum Gasteiger partial charge on any atom is 0.416 e. The number of tetrazole rings is 1. The molecule has 0 amide bonds. The van der Waals surface area contributed by atoms with E-state index in [9.17, 15) is 13.2 Å². The molecule has 19 heavy (non-hydrogen) atoms. The summed E-state index contributed by atoms with van der Waals surface area (Å²) in [5.41, 5.74) is 0.148. The Labute approximate surface area is 112 Å². The van der Waals surface area contributed by atoms with Crippen molar-refractivity contribution in [3.05, 3.63) is 35.4 Å². The number of nitrogens with zero attached hydrogens (tertiary/aromatic N) is 4. The van der Waals surface area contributed by atoms with Crippen molar-refractivity contribution in [1.29, 1.82) is 0 Å². The molecule has 0 aliphatic rings. The van der Waals surface area contributed by atoms with Gasteiger partial charge in [0.25, 0.3) is 0 Å². The van der Waals surface area contributed by atoms with E-state index in [1.807, 2.05) is 6.92 Å². The summed E-state index contributed by atoms with van der Waals surface area (Å²) in [6, 6.07) is 5.12. The van der Waals surface area contributed by atoms with Crippen molar-refractivity contribution in [1.82, 2.24) is 20.2 Å². The Kier molecular flexibility index (Phi) is 3.79. The van der Waals surface area contributed by atoms with Gasteiger partial charge in [-0.1, -0.05) is 23.9 Å². The zero-order valence-electron chi connectivity index (χ0n) is 10.2. The molecule has 0 aliphatic carbocycles. The normalized spacial score (nSPS) is 13.5. The average molecular weight is 288 g/mol.